The van der Waals surface area contributed by atoms with Crippen LogP contribution < -0.4 is 5.32 Å². The highest BCUT2D eigenvalue weighted by molar-refractivity contribution is 5.28. The molecule has 13 heavy (non-hydrogen) atoms. The van der Waals surface area contributed by atoms with Gasteiger partial charge in [-0.25, -0.2) is 4.98 Å². The third-order valence-electron chi connectivity index (χ3n) is 1.77. The van der Waals surface area contributed by atoms with Crippen LogP contribution in [-0.4, -0.2) is 29.8 Å². The monoisotopic (exact) mass is 183 g/mol. The predicted molar refractivity (Wildman–Crippen MR) is 53.0 cm³/mol. The van der Waals surface area contributed by atoms with Crippen LogP contribution in [0.15, 0.2) is 6.20 Å². The molecule has 0 saturated heterocycles. The van der Waals surface area contributed by atoms with E-state index in [0.717, 1.165) is 24.7 Å². The van der Waals surface area contributed by atoms with Gasteiger partial charge in [0.25, 0.3) is 0 Å². The molecule has 0 aliphatic heterocycles. The fraction of sp³-hybridized carbons (Fsp3) is 0.667. The highest BCUT2D eigenvalue weighted by Gasteiger charge is 2.02. The summed E-state index contributed by atoms with van der Waals surface area (Å²) < 4.78 is 7.08. The van der Waals surface area contributed by atoms with Crippen molar-refractivity contribution < 1.29 is 4.74 Å². The standard InChI is InChI=1S/C9H17N3O/c1-4-10-9-11-8(2)7-12(9)5-6-13-3/h7H,4-6H2,1-3H3,(H,10,11). The number of nitrogens with one attached hydrogen (secondary N) is 1. The summed E-state index contributed by atoms with van der Waals surface area (Å²) in [7, 11) is 1.71. The second-order valence-electron chi connectivity index (χ2n) is 2.92. The van der Waals surface area contributed by atoms with Gasteiger partial charge in [-0.2, -0.15) is 0 Å². The molecule has 74 valence electrons. The molecule has 0 radical (unpaired) electrons. The highest BCUT2D eigenvalue weighted by Crippen LogP contribution is 2.07. The van der Waals surface area contributed by atoms with Crippen molar-refractivity contribution >= 4 is 5.95 Å². The van der Waals surface area contributed by atoms with Crippen LogP contribution >= 0.6 is 0 Å². The average Bonchev–Trinajstić information content (AvgIpc) is 2.44. The lowest BCUT2D eigenvalue weighted by Gasteiger charge is -2.06. The lowest BCUT2D eigenvalue weighted by atomic mass is 10.5. The second kappa shape index (κ2) is 4.87. The predicted octanol–water partition coefficient (Wildman–Crippen LogP) is 1.27. The first-order valence-corrected chi connectivity index (χ1v) is 4.54. The molecule has 1 heterocycles. The molecule has 0 fully saturated rings. The van der Waals surface area contributed by atoms with Crippen LogP contribution in [0.25, 0.3) is 0 Å². The van der Waals surface area contributed by atoms with E-state index < -0.39 is 0 Å². The molecule has 0 bridgehead atoms. The van der Waals surface area contributed by atoms with Crippen LogP contribution in [0.1, 0.15) is 12.6 Å². The number of anilines is 1. The van der Waals surface area contributed by atoms with E-state index >= 15 is 0 Å². The van der Waals surface area contributed by atoms with Crippen LogP contribution in [-0.2, 0) is 11.3 Å². The zero-order chi connectivity index (χ0) is 9.68. The maximum atomic E-state index is 5.01. The summed E-state index contributed by atoms with van der Waals surface area (Å²) in [4.78, 5) is 4.35. The molecule has 1 aromatic rings. The molecule has 1 N–H and O–H groups in total. The first kappa shape index (κ1) is 10.1. The Bertz CT molecular complexity index is 257. The van der Waals surface area contributed by atoms with Crippen LogP contribution in [0.3, 0.4) is 0 Å². The molecule has 0 unspecified atom stereocenters. The van der Waals surface area contributed by atoms with Gasteiger partial charge in [-0.1, -0.05) is 0 Å². The number of ether oxygens (including phenoxy) is 1. The Morgan fingerprint density at radius 3 is 3.00 bits per heavy atom. The van der Waals surface area contributed by atoms with Gasteiger partial charge in [0.2, 0.25) is 5.95 Å². The van der Waals surface area contributed by atoms with E-state index in [1.165, 1.54) is 0 Å². The number of imidazole rings is 1. The smallest absolute Gasteiger partial charge is 0.203 e. The zero-order valence-electron chi connectivity index (χ0n) is 8.50. The van der Waals surface area contributed by atoms with Gasteiger partial charge >= 0.3 is 0 Å². The first-order chi connectivity index (χ1) is 6.27. The van der Waals surface area contributed by atoms with Gasteiger partial charge in [-0.05, 0) is 13.8 Å². The van der Waals surface area contributed by atoms with Crippen LogP contribution in [0.5, 0.6) is 0 Å². The largest absolute Gasteiger partial charge is 0.383 e. The Balaban J connectivity index is 2.66. The van der Waals surface area contributed by atoms with E-state index in [9.17, 15) is 0 Å². The van der Waals surface area contributed by atoms with E-state index in [4.69, 9.17) is 4.74 Å². The van der Waals surface area contributed by atoms with Crippen molar-refractivity contribution in [3.63, 3.8) is 0 Å². The number of rotatable bonds is 5. The van der Waals surface area contributed by atoms with E-state index in [0.29, 0.717) is 6.61 Å². The van der Waals surface area contributed by atoms with Gasteiger partial charge in [0, 0.05) is 26.4 Å². The summed E-state index contributed by atoms with van der Waals surface area (Å²) in [5.74, 6) is 0.928. The van der Waals surface area contributed by atoms with E-state index in [1.807, 2.05) is 13.1 Å². The van der Waals surface area contributed by atoms with Crippen molar-refractivity contribution in [1.29, 1.82) is 0 Å². The number of aromatic nitrogens is 2. The van der Waals surface area contributed by atoms with Crippen LogP contribution in [0.4, 0.5) is 5.95 Å². The van der Waals surface area contributed by atoms with E-state index in [1.54, 1.807) is 7.11 Å². The van der Waals surface area contributed by atoms with Gasteiger partial charge in [0.1, 0.15) is 0 Å². The molecule has 0 aliphatic rings. The SMILES string of the molecule is CCNc1nc(C)cn1CCOC. The fourth-order valence-corrected chi connectivity index (χ4v) is 1.21. The Morgan fingerprint density at radius 2 is 2.38 bits per heavy atom. The minimum absolute atomic E-state index is 0.716. The maximum absolute atomic E-state index is 5.01. The molecule has 0 aromatic carbocycles. The van der Waals surface area contributed by atoms with E-state index in [2.05, 4.69) is 21.8 Å². The molecule has 1 aromatic heterocycles. The minimum atomic E-state index is 0.716. The Kier molecular flexibility index (Phi) is 3.76. The number of hydrogen-bond acceptors (Lipinski definition) is 3. The molecule has 1 rings (SSSR count). The quantitative estimate of drug-likeness (QED) is 0.747. The molecular formula is C9H17N3O. The summed E-state index contributed by atoms with van der Waals surface area (Å²) >= 11 is 0. The van der Waals surface area contributed by atoms with E-state index in [-0.39, 0.29) is 0 Å². The number of aryl methyl sites for hydroxylation is 1. The molecular weight excluding hydrogens is 166 g/mol. The summed E-state index contributed by atoms with van der Waals surface area (Å²) in [6.07, 6.45) is 2.02. The van der Waals surface area contributed by atoms with Crippen molar-refractivity contribution in [3.05, 3.63) is 11.9 Å². The minimum Gasteiger partial charge on any atom is -0.383 e. The Morgan fingerprint density at radius 1 is 1.62 bits per heavy atom. The average molecular weight is 183 g/mol. The van der Waals surface area contributed by atoms with Crippen LogP contribution in [0.2, 0.25) is 0 Å². The molecule has 0 aliphatic carbocycles. The highest BCUT2D eigenvalue weighted by atomic mass is 16.5. The molecule has 0 atom stereocenters. The lowest BCUT2D eigenvalue weighted by Crippen LogP contribution is -2.09. The fourth-order valence-electron chi connectivity index (χ4n) is 1.21. The van der Waals surface area contributed by atoms with Crippen molar-refractivity contribution in [2.45, 2.75) is 20.4 Å². The Labute approximate surface area is 78.9 Å². The van der Waals surface area contributed by atoms with Gasteiger partial charge in [-0.3, -0.25) is 0 Å². The maximum Gasteiger partial charge on any atom is 0.203 e. The summed E-state index contributed by atoms with van der Waals surface area (Å²) in [6.45, 7) is 6.51. The number of nitrogens with zero attached hydrogens (tertiary/aromatic N) is 2. The van der Waals surface area contributed by atoms with Gasteiger partial charge in [0.15, 0.2) is 0 Å². The topological polar surface area (TPSA) is 39.1 Å². The van der Waals surface area contributed by atoms with Gasteiger partial charge in [-0.15, -0.1) is 0 Å². The van der Waals surface area contributed by atoms with Crippen molar-refractivity contribution in [1.82, 2.24) is 9.55 Å². The van der Waals surface area contributed by atoms with Crippen LogP contribution in [0, 0.1) is 6.92 Å². The zero-order valence-corrected chi connectivity index (χ0v) is 8.50. The third kappa shape index (κ3) is 2.73. The molecule has 0 spiro atoms. The van der Waals surface area contributed by atoms with Gasteiger partial charge < -0.3 is 14.6 Å². The lowest BCUT2D eigenvalue weighted by molar-refractivity contribution is 0.187. The number of hydrogen-bond donors (Lipinski definition) is 1. The summed E-state index contributed by atoms with van der Waals surface area (Å²) in [5, 5.41) is 3.20. The Hall–Kier alpha value is -1.03. The second-order valence-corrected chi connectivity index (χ2v) is 2.92. The molecule has 0 amide bonds. The third-order valence-corrected chi connectivity index (χ3v) is 1.77. The summed E-state index contributed by atoms with van der Waals surface area (Å²) in [5.41, 5.74) is 1.03. The van der Waals surface area contributed by atoms with Crippen molar-refractivity contribution in [3.8, 4) is 0 Å². The molecule has 4 heteroatoms. The van der Waals surface area contributed by atoms with Crippen molar-refractivity contribution in [2.24, 2.45) is 0 Å². The first-order valence-electron chi connectivity index (χ1n) is 4.54. The number of methoxy groups -OCH3 is 1. The van der Waals surface area contributed by atoms with Crippen molar-refractivity contribution in [2.75, 3.05) is 25.6 Å². The molecule has 4 nitrogen and oxygen atoms in total. The molecule has 0 saturated carbocycles. The normalized spacial score (nSPS) is 10.4. The van der Waals surface area contributed by atoms with Gasteiger partial charge in [0.05, 0.1) is 12.3 Å². The summed E-state index contributed by atoms with van der Waals surface area (Å²) in [6, 6.07) is 0.